The minimum Gasteiger partial charge on any atom is -0.477 e. The first kappa shape index (κ1) is 14.4. The molecular formula is C13H19NO4. The highest BCUT2D eigenvalue weighted by molar-refractivity contribution is 5.91. The van der Waals surface area contributed by atoms with Crippen LogP contribution < -0.4 is 4.74 Å². The van der Waals surface area contributed by atoms with Crippen molar-refractivity contribution in [2.45, 2.75) is 27.2 Å². The lowest BCUT2D eigenvalue weighted by Gasteiger charge is -2.11. The summed E-state index contributed by atoms with van der Waals surface area (Å²) in [6.45, 7) is 6.97. The van der Waals surface area contributed by atoms with E-state index in [1.165, 1.54) is 0 Å². The smallest absolute Gasteiger partial charge is 0.341 e. The fourth-order valence-corrected chi connectivity index (χ4v) is 1.61. The predicted octanol–water partition coefficient (Wildman–Crippen LogP) is 2.20. The molecule has 0 spiro atoms. The van der Waals surface area contributed by atoms with Gasteiger partial charge in [-0.1, -0.05) is 6.92 Å². The molecule has 0 bridgehead atoms. The van der Waals surface area contributed by atoms with E-state index < -0.39 is 5.97 Å². The highest BCUT2D eigenvalue weighted by Crippen LogP contribution is 2.20. The zero-order valence-electron chi connectivity index (χ0n) is 11.0. The molecule has 1 aromatic heterocycles. The van der Waals surface area contributed by atoms with Gasteiger partial charge in [-0.15, -0.1) is 0 Å². The van der Waals surface area contributed by atoms with Gasteiger partial charge in [-0.3, -0.25) is 0 Å². The Labute approximate surface area is 107 Å². The number of aromatic carboxylic acids is 1. The zero-order valence-corrected chi connectivity index (χ0v) is 11.0. The average Bonchev–Trinajstić information content (AvgIpc) is 2.27. The molecule has 0 atom stereocenters. The monoisotopic (exact) mass is 253 g/mol. The van der Waals surface area contributed by atoms with E-state index in [2.05, 4.69) is 4.98 Å². The summed E-state index contributed by atoms with van der Waals surface area (Å²) in [7, 11) is 0. The Morgan fingerprint density at radius 3 is 2.67 bits per heavy atom. The van der Waals surface area contributed by atoms with E-state index in [0.717, 1.165) is 12.1 Å². The van der Waals surface area contributed by atoms with E-state index in [1.54, 1.807) is 19.9 Å². The summed E-state index contributed by atoms with van der Waals surface area (Å²) in [5, 5.41) is 9.13. The number of nitrogens with zero attached hydrogens (tertiary/aromatic N) is 1. The van der Waals surface area contributed by atoms with Crippen LogP contribution in [0.5, 0.6) is 5.88 Å². The fraction of sp³-hybridized carbons (Fsp3) is 0.538. The van der Waals surface area contributed by atoms with E-state index >= 15 is 0 Å². The molecule has 0 unspecified atom stereocenters. The van der Waals surface area contributed by atoms with Crippen LogP contribution in [0.15, 0.2) is 6.07 Å². The standard InChI is InChI=1S/C13H19NO4/c1-4-5-17-6-7-18-12-11(13(15)16)9(2)8-10(3)14-12/h8H,4-7H2,1-3H3,(H,15,16). The van der Waals surface area contributed by atoms with E-state index in [4.69, 9.17) is 14.6 Å². The molecule has 1 heterocycles. The summed E-state index contributed by atoms with van der Waals surface area (Å²) in [6.07, 6.45) is 0.947. The van der Waals surface area contributed by atoms with Crippen LogP contribution in [-0.4, -0.2) is 35.9 Å². The number of carboxylic acids is 1. The first-order valence-corrected chi connectivity index (χ1v) is 5.98. The van der Waals surface area contributed by atoms with Crippen LogP contribution in [0.1, 0.15) is 35.0 Å². The van der Waals surface area contributed by atoms with Crippen LogP contribution in [-0.2, 0) is 4.74 Å². The molecule has 0 amide bonds. The minimum atomic E-state index is -1.02. The number of ether oxygens (including phenoxy) is 2. The van der Waals surface area contributed by atoms with Crippen molar-refractivity contribution < 1.29 is 19.4 Å². The van der Waals surface area contributed by atoms with Gasteiger partial charge in [-0.2, -0.15) is 0 Å². The molecule has 5 nitrogen and oxygen atoms in total. The number of aryl methyl sites for hydroxylation is 2. The number of carbonyl (C=O) groups is 1. The van der Waals surface area contributed by atoms with E-state index in [-0.39, 0.29) is 11.4 Å². The zero-order chi connectivity index (χ0) is 13.5. The maximum Gasteiger partial charge on any atom is 0.341 e. The van der Waals surface area contributed by atoms with Gasteiger partial charge in [-0.25, -0.2) is 9.78 Å². The second-order valence-corrected chi connectivity index (χ2v) is 4.03. The van der Waals surface area contributed by atoms with Gasteiger partial charge in [0, 0.05) is 12.3 Å². The summed E-state index contributed by atoms with van der Waals surface area (Å²) >= 11 is 0. The van der Waals surface area contributed by atoms with Crippen LogP contribution >= 0.6 is 0 Å². The molecule has 5 heteroatoms. The van der Waals surface area contributed by atoms with Crippen LogP contribution in [0.4, 0.5) is 0 Å². The van der Waals surface area contributed by atoms with Crippen molar-refractivity contribution in [1.29, 1.82) is 0 Å². The Morgan fingerprint density at radius 2 is 2.06 bits per heavy atom. The SMILES string of the molecule is CCCOCCOc1nc(C)cc(C)c1C(=O)O. The molecule has 0 fully saturated rings. The lowest BCUT2D eigenvalue weighted by Crippen LogP contribution is -2.12. The van der Waals surface area contributed by atoms with Crippen molar-refractivity contribution >= 4 is 5.97 Å². The molecule has 0 aromatic carbocycles. The van der Waals surface area contributed by atoms with Crippen LogP contribution in [0, 0.1) is 13.8 Å². The van der Waals surface area contributed by atoms with Gasteiger partial charge in [0.05, 0.1) is 6.61 Å². The van der Waals surface area contributed by atoms with Gasteiger partial charge in [0.15, 0.2) is 0 Å². The topological polar surface area (TPSA) is 68.7 Å². The third-order valence-corrected chi connectivity index (χ3v) is 2.34. The Hall–Kier alpha value is -1.62. The number of pyridine rings is 1. The van der Waals surface area contributed by atoms with Gasteiger partial charge in [0.1, 0.15) is 12.2 Å². The number of rotatable bonds is 7. The van der Waals surface area contributed by atoms with E-state index in [0.29, 0.717) is 25.4 Å². The Bertz CT molecular complexity index is 418. The summed E-state index contributed by atoms with van der Waals surface area (Å²) in [6, 6.07) is 1.73. The highest BCUT2D eigenvalue weighted by atomic mass is 16.5. The average molecular weight is 253 g/mol. The van der Waals surface area contributed by atoms with Crippen LogP contribution in [0.2, 0.25) is 0 Å². The molecule has 0 aliphatic heterocycles. The van der Waals surface area contributed by atoms with Crippen molar-refractivity contribution in [2.24, 2.45) is 0 Å². The Morgan fingerprint density at radius 1 is 1.33 bits per heavy atom. The quantitative estimate of drug-likeness (QED) is 0.754. The third kappa shape index (κ3) is 4.00. The van der Waals surface area contributed by atoms with Gasteiger partial charge in [0.25, 0.3) is 0 Å². The minimum absolute atomic E-state index is 0.121. The molecule has 0 saturated heterocycles. The second kappa shape index (κ2) is 6.96. The number of hydrogen-bond acceptors (Lipinski definition) is 4. The molecule has 0 aliphatic rings. The molecule has 1 rings (SSSR count). The normalized spacial score (nSPS) is 10.4. The van der Waals surface area contributed by atoms with Gasteiger partial charge in [-0.05, 0) is 31.9 Å². The molecule has 100 valence electrons. The second-order valence-electron chi connectivity index (χ2n) is 4.03. The lowest BCUT2D eigenvalue weighted by atomic mass is 10.1. The summed E-state index contributed by atoms with van der Waals surface area (Å²) in [4.78, 5) is 15.3. The van der Waals surface area contributed by atoms with Crippen molar-refractivity contribution in [3.05, 3.63) is 22.9 Å². The number of aromatic nitrogens is 1. The summed E-state index contributed by atoms with van der Waals surface area (Å²) in [5.74, 6) is -0.857. The van der Waals surface area contributed by atoms with Gasteiger partial charge in [0.2, 0.25) is 5.88 Å². The summed E-state index contributed by atoms with van der Waals surface area (Å²) in [5.41, 5.74) is 1.51. The number of carboxylic acid groups (broad SMARTS) is 1. The maximum absolute atomic E-state index is 11.1. The first-order valence-electron chi connectivity index (χ1n) is 5.98. The van der Waals surface area contributed by atoms with Gasteiger partial charge >= 0.3 is 5.97 Å². The van der Waals surface area contributed by atoms with Crippen molar-refractivity contribution in [3.8, 4) is 5.88 Å². The Balaban J connectivity index is 2.71. The first-order chi connectivity index (χ1) is 8.56. The Kier molecular flexibility index (Phi) is 5.58. The van der Waals surface area contributed by atoms with E-state index in [9.17, 15) is 4.79 Å². The summed E-state index contributed by atoms with van der Waals surface area (Å²) < 4.78 is 10.7. The molecular weight excluding hydrogens is 234 g/mol. The molecule has 0 saturated carbocycles. The van der Waals surface area contributed by atoms with Crippen molar-refractivity contribution in [1.82, 2.24) is 4.98 Å². The third-order valence-electron chi connectivity index (χ3n) is 2.34. The molecule has 18 heavy (non-hydrogen) atoms. The van der Waals surface area contributed by atoms with Crippen molar-refractivity contribution in [3.63, 3.8) is 0 Å². The largest absolute Gasteiger partial charge is 0.477 e. The van der Waals surface area contributed by atoms with E-state index in [1.807, 2.05) is 6.92 Å². The predicted molar refractivity (Wildman–Crippen MR) is 67.3 cm³/mol. The number of hydrogen-bond donors (Lipinski definition) is 1. The maximum atomic E-state index is 11.1. The molecule has 0 aliphatic carbocycles. The fourth-order valence-electron chi connectivity index (χ4n) is 1.61. The van der Waals surface area contributed by atoms with Crippen LogP contribution in [0.25, 0.3) is 0 Å². The van der Waals surface area contributed by atoms with Crippen molar-refractivity contribution in [2.75, 3.05) is 19.8 Å². The van der Waals surface area contributed by atoms with Crippen LogP contribution in [0.3, 0.4) is 0 Å². The van der Waals surface area contributed by atoms with Gasteiger partial charge < -0.3 is 14.6 Å². The molecule has 1 N–H and O–H groups in total. The lowest BCUT2D eigenvalue weighted by molar-refractivity contribution is 0.0682. The molecule has 0 radical (unpaired) electrons. The highest BCUT2D eigenvalue weighted by Gasteiger charge is 2.16. The molecule has 1 aromatic rings.